The number of carbonyl (C=O) groups is 3. The van der Waals surface area contributed by atoms with Gasteiger partial charge in [-0.2, -0.15) is 0 Å². The van der Waals surface area contributed by atoms with Crippen LogP contribution in [0.2, 0.25) is 0 Å². The number of esters is 1. The molecule has 0 spiro atoms. The van der Waals surface area contributed by atoms with Crippen molar-refractivity contribution in [2.24, 2.45) is 0 Å². The molecule has 0 N–H and O–H groups in total. The Morgan fingerprint density at radius 2 is 1.59 bits per heavy atom. The summed E-state index contributed by atoms with van der Waals surface area (Å²) in [5.41, 5.74) is 1.21. The van der Waals surface area contributed by atoms with Crippen LogP contribution in [0.5, 0.6) is 0 Å². The van der Waals surface area contributed by atoms with Gasteiger partial charge >= 0.3 is 5.97 Å². The first kappa shape index (κ1) is 23.7. The maximum Gasteiger partial charge on any atom is 0.338 e. The molecule has 0 saturated carbocycles. The molecule has 2 aromatic rings. The van der Waals surface area contributed by atoms with Gasteiger partial charge in [0.15, 0.2) is 22.2 Å². The van der Waals surface area contributed by atoms with E-state index in [-0.39, 0.29) is 28.9 Å². The van der Waals surface area contributed by atoms with E-state index in [1.54, 1.807) is 41.3 Å². The van der Waals surface area contributed by atoms with Gasteiger partial charge in [-0.15, -0.1) is 0 Å². The molecular weight excluding hydrogens is 430 g/mol. The van der Waals surface area contributed by atoms with Crippen molar-refractivity contribution in [3.05, 3.63) is 71.3 Å². The molecule has 3 rings (SSSR count). The number of nitrogens with zero attached hydrogens (tertiary/aromatic N) is 1. The van der Waals surface area contributed by atoms with E-state index in [9.17, 15) is 22.8 Å². The lowest BCUT2D eigenvalue weighted by Crippen LogP contribution is -2.48. The highest BCUT2D eigenvalue weighted by atomic mass is 32.2. The van der Waals surface area contributed by atoms with E-state index in [0.717, 1.165) is 0 Å². The summed E-state index contributed by atoms with van der Waals surface area (Å²) < 4.78 is 28.9. The van der Waals surface area contributed by atoms with Crippen molar-refractivity contribution in [1.29, 1.82) is 0 Å². The molecule has 1 heterocycles. The summed E-state index contributed by atoms with van der Waals surface area (Å²) in [5.74, 6) is -1.25. The minimum absolute atomic E-state index is 0.0612. The van der Waals surface area contributed by atoms with Crippen LogP contribution in [-0.2, 0) is 19.4 Å². The second-order valence-corrected chi connectivity index (χ2v) is 10.2. The van der Waals surface area contributed by atoms with Gasteiger partial charge < -0.3 is 9.64 Å². The second-order valence-electron chi connectivity index (χ2n) is 7.96. The van der Waals surface area contributed by atoms with E-state index in [4.69, 9.17) is 4.74 Å². The predicted octanol–water partition coefficient (Wildman–Crippen LogP) is 2.89. The van der Waals surface area contributed by atoms with E-state index in [0.29, 0.717) is 24.0 Å². The van der Waals surface area contributed by atoms with Crippen LogP contribution in [-0.4, -0.2) is 61.2 Å². The van der Waals surface area contributed by atoms with Crippen molar-refractivity contribution in [2.75, 3.05) is 18.1 Å². The number of amides is 1. The van der Waals surface area contributed by atoms with Gasteiger partial charge in [0.25, 0.3) is 5.91 Å². The van der Waals surface area contributed by atoms with E-state index in [1.165, 1.54) is 12.1 Å². The summed E-state index contributed by atoms with van der Waals surface area (Å²) in [6.45, 7) is 3.30. The van der Waals surface area contributed by atoms with Gasteiger partial charge in [0.05, 0.1) is 17.1 Å². The average molecular weight is 458 g/mol. The second kappa shape index (κ2) is 10.1. The average Bonchev–Trinajstić information content (AvgIpc) is 3.16. The van der Waals surface area contributed by atoms with Crippen LogP contribution in [0.15, 0.2) is 54.6 Å². The number of hydrogen-bond acceptors (Lipinski definition) is 6. The molecule has 1 saturated heterocycles. The van der Waals surface area contributed by atoms with Crippen molar-refractivity contribution >= 4 is 27.5 Å². The molecule has 1 amide bonds. The lowest BCUT2D eigenvalue weighted by atomic mass is 10.0. The molecule has 2 atom stereocenters. The van der Waals surface area contributed by atoms with Crippen LogP contribution in [0, 0.1) is 0 Å². The maximum absolute atomic E-state index is 12.8. The first-order valence-electron chi connectivity index (χ1n) is 10.6. The van der Waals surface area contributed by atoms with E-state index < -0.39 is 34.4 Å². The van der Waals surface area contributed by atoms with Crippen LogP contribution >= 0.6 is 0 Å². The summed E-state index contributed by atoms with van der Waals surface area (Å²) in [7, 11) is -3.15. The van der Waals surface area contributed by atoms with Gasteiger partial charge in [0, 0.05) is 23.2 Å². The van der Waals surface area contributed by atoms with Crippen molar-refractivity contribution in [1.82, 2.24) is 4.90 Å². The van der Waals surface area contributed by atoms with Crippen molar-refractivity contribution in [3.8, 4) is 0 Å². The molecule has 0 bridgehead atoms. The molecule has 0 aromatic heterocycles. The fourth-order valence-electron chi connectivity index (χ4n) is 3.80. The minimum Gasteiger partial charge on any atom is -0.452 e. The van der Waals surface area contributed by atoms with Gasteiger partial charge in [0.1, 0.15) is 0 Å². The Morgan fingerprint density at radius 3 is 2.16 bits per heavy atom. The zero-order valence-corrected chi connectivity index (χ0v) is 19.0. The topological polar surface area (TPSA) is 97.8 Å². The van der Waals surface area contributed by atoms with Crippen LogP contribution in [0.1, 0.15) is 53.0 Å². The van der Waals surface area contributed by atoms with E-state index in [2.05, 4.69) is 0 Å². The molecule has 0 radical (unpaired) electrons. The Hall–Kier alpha value is -3.00. The van der Waals surface area contributed by atoms with Crippen LogP contribution in [0.25, 0.3) is 0 Å². The largest absolute Gasteiger partial charge is 0.452 e. The number of benzene rings is 2. The molecule has 2 unspecified atom stereocenters. The Bertz CT molecular complexity index is 1080. The molecule has 32 heavy (non-hydrogen) atoms. The number of carbonyl (C=O) groups excluding carboxylic acids is 3. The molecule has 0 aliphatic carbocycles. The molecule has 1 fully saturated rings. The highest BCUT2D eigenvalue weighted by Crippen LogP contribution is 2.21. The third-order valence-electron chi connectivity index (χ3n) is 5.70. The smallest absolute Gasteiger partial charge is 0.338 e. The lowest BCUT2D eigenvalue weighted by Gasteiger charge is -2.33. The maximum atomic E-state index is 12.8. The summed E-state index contributed by atoms with van der Waals surface area (Å²) in [4.78, 5) is 39.2. The molecule has 1 aliphatic rings. The SMILES string of the molecule is CCC(C)N(C(=O)COC(=O)c1ccc(C(=O)c2ccccc2)cc1)C1CCS(=O)(=O)C1. The molecule has 7 nitrogen and oxygen atoms in total. The molecule has 170 valence electrons. The fraction of sp³-hybridized carbons (Fsp3) is 0.375. The van der Waals surface area contributed by atoms with E-state index >= 15 is 0 Å². The zero-order valence-electron chi connectivity index (χ0n) is 18.2. The number of hydrogen-bond donors (Lipinski definition) is 0. The highest BCUT2D eigenvalue weighted by molar-refractivity contribution is 7.91. The van der Waals surface area contributed by atoms with Gasteiger partial charge in [-0.3, -0.25) is 9.59 Å². The quantitative estimate of drug-likeness (QED) is 0.447. The Morgan fingerprint density at radius 1 is 1.00 bits per heavy atom. The predicted molar refractivity (Wildman–Crippen MR) is 120 cm³/mol. The van der Waals surface area contributed by atoms with Crippen LogP contribution in [0.3, 0.4) is 0 Å². The Balaban J connectivity index is 1.62. The molecule has 1 aliphatic heterocycles. The van der Waals surface area contributed by atoms with Gasteiger partial charge in [-0.25, -0.2) is 13.2 Å². The summed E-state index contributed by atoms with van der Waals surface area (Å²) in [5, 5.41) is 0. The third-order valence-corrected chi connectivity index (χ3v) is 7.45. The molecule has 8 heteroatoms. The van der Waals surface area contributed by atoms with Crippen LogP contribution in [0.4, 0.5) is 0 Å². The first-order valence-corrected chi connectivity index (χ1v) is 12.4. The summed E-state index contributed by atoms with van der Waals surface area (Å²) >= 11 is 0. The number of sulfone groups is 1. The van der Waals surface area contributed by atoms with E-state index in [1.807, 2.05) is 19.9 Å². The zero-order chi connectivity index (χ0) is 23.3. The first-order chi connectivity index (χ1) is 15.2. The number of ketones is 1. The summed E-state index contributed by atoms with van der Waals surface area (Å²) in [6, 6.07) is 14.3. The Labute approximate surface area is 188 Å². The fourth-order valence-corrected chi connectivity index (χ4v) is 5.51. The van der Waals surface area contributed by atoms with Crippen molar-refractivity contribution < 1.29 is 27.5 Å². The van der Waals surface area contributed by atoms with Crippen molar-refractivity contribution in [3.63, 3.8) is 0 Å². The monoisotopic (exact) mass is 457 g/mol. The number of ether oxygens (including phenoxy) is 1. The van der Waals surface area contributed by atoms with Crippen molar-refractivity contribution in [2.45, 2.75) is 38.8 Å². The van der Waals surface area contributed by atoms with Gasteiger partial charge in [-0.05, 0) is 31.9 Å². The number of rotatable bonds is 8. The lowest BCUT2D eigenvalue weighted by molar-refractivity contribution is -0.138. The van der Waals surface area contributed by atoms with Crippen LogP contribution < -0.4 is 0 Å². The highest BCUT2D eigenvalue weighted by Gasteiger charge is 2.36. The summed E-state index contributed by atoms with van der Waals surface area (Å²) in [6.07, 6.45) is 1.05. The minimum atomic E-state index is -3.15. The van der Waals surface area contributed by atoms with Gasteiger partial charge in [-0.1, -0.05) is 49.4 Å². The third kappa shape index (κ3) is 5.62. The Kier molecular flexibility index (Phi) is 7.45. The normalized spacial score (nSPS) is 18.0. The van der Waals surface area contributed by atoms with Gasteiger partial charge in [0.2, 0.25) is 0 Å². The standard InChI is InChI=1S/C24H27NO6S/c1-3-17(2)25(21-13-14-32(29,30)16-21)22(26)15-31-24(28)20-11-9-19(10-12-20)23(27)18-7-5-4-6-8-18/h4-12,17,21H,3,13-16H2,1-2H3. The molecule has 2 aromatic carbocycles. The molecular formula is C24H27NO6S.